The molecule has 0 aromatic heterocycles. The smallest absolute Gasteiger partial charge is 0.337 e. The maximum Gasteiger partial charge on any atom is 0.337 e. The summed E-state index contributed by atoms with van der Waals surface area (Å²) in [6.07, 6.45) is 0.467. The second-order valence-electron chi connectivity index (χ2n) is 6.80. The Kier molecular flexibility index (Phi) is 6.63. The molecule has 26 heavy (non-hydrogen) atoms. The first kappa shape index (κ1) is 20.2. The first-order valence-corrected chi connectivity index (χ1v) is 10.3. The fraction of sp³-hybridized carbons (Fsp3) is 0.556. The van der Waals surface area contributed by atoms with E-state index in [1.807, 2.05) is 13.8 Å². The van der Waals surface area contributed by atoms with Crippen LogP contribution in [-0.2, 0) is 19.4 Å². The Balaban J connectivity index is 1.99. The molecular formula is C18H25NO6S. The second kappa shape index (κ2) is 8.53. The van der Waals surface area contributed by atoms with E-state index in [1.54, 1.807) is 29.2 Å². The Hall–Kier alpha value is -2.09. The molecule has 0 radical (unpaired) electrons. The molecule has 144 valence electrons. The van der Waals surface area contributed by atoms with Gasteiger partial charge in [-0.3, -0.25) is 4.79 Å². The number of carbonyl (C=O) groups excluding carboxylic acids is 2. The van der Waals surface area contributed by atoms with Gasteiger partial charge in [0, 0.05) is 12.6 Å². The minimum atomic E-state index is -3.07. The van der Waals surface area contributed by atoms with Crippen LogP contribution in [0.2, 0.25) is 0 Å². The summed E-state index contributed by atoms with van der Waals surface area (Å²) in [6.45, 7) is 4.27. The number of carbonyl (C=O) groups is 2. The molecule has 1 aliphatic heterocycles. The number of amides is 1. The van der Waals surface area contributed by atoms with Crippen LogP contribution in [0.15, 0.2) is 24.3 Å². The van der Waals surface area contributed by atoms with Crippen molar-refractivity contribution >= 4 is 21.7 Å². The number of esters is 1. The highest BCUT2D eigenvalue weighted by atomic mass is 32.2. The van der Waals surface area contributed by atoms with E-state index >= 15 is 0 Å². The van der Waals surface area contributed by atoms with Crippen molar-refractivity contribution in [2.45, 2.75) is 26.3 Å². The minimum Gasteiger partial charge on any atom is -0.484 e. The first-order chi connectivity index (χ1) is 12.2. The third-order valence-electron chi connectivity index (χ3n) is 4.17. The molecule has 1 fully saturated rings. The number of rotatable bonds is 7. The van der Waals surface area contributed by atoms with Crippen molar-refractivity contribution in [3.05, 3.63) is 29.8 Å². The molecule has 2 rings (SSSR count). The highest BCUT2D eigenvalue weighted by molar-refractivity contribution is 7.91. The third-order valence-corrected chi connectivity index (χ3v) is 5.92. The lowest BCUT2D eigenvalue weighted by Gasteiger charge is -2.29. The van der Waals surface area contributed by atoms with Gasteiger partial charge in [0.15, 0.2) is 16.4 Å². The predicted molar refractivity (Wildman–Crippen MR) is 96.9 cm³/mol. The Labute approximate surface area is 154 Å². The maximum absolute atomic E-state index is 12.6. The van der Waals surface area contributed by atoms with Gasteiger partial charge in [-0.15, -0.1) is 0 Å². The molecule has 7 nitrogen and oxygen atoms in total. The van der Waals surface area contributed by atoms with Gasteiger partial charge >= 0.3 is 5.97 Å². The Morgan fingerprint density at radius 1 is 1.23 bits per heavy atom. The Morgan fingerprint density at radius 2 is 1.88 bits per heavy atom. The summed E-state index contributed by atoms with van der Waals surface area (Å²) in [7, 11) is -1.77. The topological polar surface area (TPSA) is 90.0 Å². The normalized spacial score (nSPS) is 18.5. The number of ether oxygens (including phenoxy) is 2. The summed E-state index contributed by atoms with van der Waals surface area (Å²) in [4.78, 5) is 25.6. The Bertz CT molecular complexity index is 741. The zero-order valence-electron chi connectivity index (χ0n) is 15.3. The molecule has 1 aromatic rings. The van der Waals surface area contributed by atoms with Gasteiger partial charge in [0.25, 0.3) is 5.91 Å². The van der Waals surface area contributed by atoms with Crippen LogP contribution in [0.5, 0.6) is 5.75 Å². The largest absolute Gasteiger partial charge is 0.484 e. The van der Waals surface area contributed by atoms with E-state index < -0.39 is 15.8 Å². The van der Waals surface area contributed by atoms with Crippen molar-refractivity contribution in [2.75, 3.05) is 31.8 Å². The molecule has 0 N–H and O–H groups in total. The van der Waals surface area contributed by atoms with Crippen LogP contribution in [0.25, 0.3) is 0 Å². The van der Waals surface area contributed by atoms with E-state index in [0.717, 1.165) is 0 Å². The molecule has 1 saturated heterocycles. The van der Waals surface area contributed by atoms with Crippen LogP contribution in [0.4, 0.5) is 0 Å². The number of benzene rings is 1. The molecule has 1 aromatic carbocycles. The number of nitrogens with zero attached hydrogens (tertiary/aromatic N) is 1. The summed E-state index contributed by atoms with van der Waals surface area (Å²) in [6, 6.07) is 6.00. The van der Waals surface area contributed by atoms with Gasteiger partial charge < -0.3 is 14.4 Å². The highest BCUT2D eigenvalue weighted by Crippen LogP contribution is 2.20. The summed E-state index contributed by atoms with van der Waals surface area (Å²) in [5.74, 6) is 0.126. The molecule has 1 heterocycles. The van der Waals surface area contributed by atoms with E-state index in [0.29, 0.717) is 24.3 Å². The van der Waals surface area contributed by atoms with E-state index in [4.69, 9.17) is 4.74 Å². The van der Waals surface area contributed by atoms with Crippen LogP contribution in [0.3, 0.4) is 0 Å². The molecule has 8 heteroatoms. The highest BCUT2D eigenvalue weighted by Gasteiger charge is 2.34. The summed E-state index contributed by atoms with van der Waals surface area (Å²) < 4.78 is 33.6. The van der Waals surface area contributed by atoms with E-state index in [2.05, 4.69) is 4.74 Å². The lowest BCUT2D eigenvalue weighted by molar-refractivity contribution is -0.135. The molecule has 0 unspecified atom stereocenters. The minimum absolute atomic E-state index is 0.0132. The van der Waals surface area contributed by atoms with Gasteiger partial charge in [-0.1, -0.05) is 13.8 Å². The fourth-order valence-electron chi connectivity index (χ4n) is 2.90. The molecule has 0 aliphatic carbocycles. The van der Waals surface area contributed by atoms with Crippen molar-refractivity contribution in [3.8, 4) is 5.75 Å². The lowest BCUT2D eigenvalue weighted by Crippen LogP contribution is -2.45. The van der Waals surface area contributed by atoms with Crippen LogP contribution in [0, 0.1) is 5.92 Å². The van der Waals surface area contributed by atoms with Gasteiger partial charge in [-0.2, -0.15) is 0 Å². The van der Waals surface area contributed by atoms with Crippen molar-refractivity contribution in [1.29, 1.82) is 0 Å². The quantitative estimate of drug-likeness (QED) is 0.663. The van der Waals surface area contributed by atoms with Crippen molar-refractivity contribution in [2.24, 2.45) is 5.92 Å². The summed E-state index contributed by atoms with van der Waals surface area (Å²) in [5, 5.41) is 0. The number of methoxy groups -OCH3 is 1. The van der Waals surface area contributed by atoms with E-state index in [9.17, 15) is 18.0 Å². The van der Waals surface area contributed by atoms with Crippen LogP contribution >= 0.6 is 0 Å². The number of hydrogen-bond donors (Lipinski definition) is 0. The van der Waals surface area contributed by atoms with Crippen molar-refractivity contribution in [3.63, 3.8) is 0 Å². The van der Waals surface area contributed by atoms with E-state index in [-0.39, 0.29) is 36.0 Å². The summed E-state index contributed by atoms with van der Waals surface area (Å²) in [5.41, 5.74) is 0.392. The zero-order chi connectivity index (χ0) is 19.3. The second-order valence-corrected chi connectivity index (χ2v) is 9.03. The van der Waals surface area contributed by atoms with E-state index in [1.165, 1.54) is 7.11 Å². The Morgan fingerprint density at radius 3 is 2.38 bits per heavy atom. The number of sulfone groups is 1. The maximum atomic E-state index is 12.6. The van der Waals surface area contributed by atoms with Crippen LogP contribution in [0.1, 0.15) is 30.6 Å². The van der Waals surface area contributed by atoms with Gasteiger partial charge in [0.05, 0.1) is 24.2 Å². The van der Waals surface area contributed by atoms with Crippen molar-refractivity contribution < 1.29 is 27.5 Å². The molecule has 0 saturated carbocycles. The average Bonchev–Trinajstić information content (AvgIpc) is 2.96. The predicted octanol–water partition coefficient (Wildman–Crippen LogP) is 1.52. The number of hydrogen-bond acceptors (Lipinski definition) is 6. The zero-order valence-corrected chi connectivity index (χ0v) is 16.1. The van der Waals surface area contributed by atoms with Gasteiger partial charge in [0.2, 0.25) is 0 Å². The molecule has 1 amide bonds. The molecule has 1 atom stereocenters. The third kappa shape index (κ3) is 5.45. The lowest BCUT2D eigenvalue weighted by atomic mass is 10.1. The van der Waals surface area contributed by atoms with Gasteiger partial charge in [0.1, 0.15) is 5.75 Å². The SMILES string of the molecule is COC(=O)c1ccc(OCC(=O)N(CC(C)C)[C@@H]2CCS(=O)(=O)C2)cc1. The van der Waals surface area contributed by atoms with Gasteiger partial charge in [-0.25, -0.2) is 13.2 Å². The van der Waals surface area contributed by atoms with Crippen molar-refractivity contribution in [1.82, 2.24) is 4.90 Å². The fourth-order valence-corrected chi connectivity index (χ4v) is 4.63. The molecule has 1 aliphatic rings. The molecule has 0 bridgehead atoms. The van der Waals surface area contributed by atoms with Crippen LogP contribution in [-0.4, -0.2) is 63.0 Å². The standard InChI is InChI=1S/C18H25NO6S/c1-13(2)10-19(15-8-9-26(22,23)12-15)17(20)11-25-16-6-4-14(5-7-16)18(21)24-3/h4-7,13,15H,8-12H2,1-3H3/t15-/m1/s1. The average molecular weight is 383 g/mol. The monoisotopic (exact) mass is 383 g/mol. The first-order valence-electron chi connectivity index (χ1n) is 8.53. The van der Waals surface area contributed by atoms with Gasteiger partial charge in [-0.05, 0) is 36.6 Å². The summed E-state index contributed by atoms with van der Waals surface area (Å²) >= 11 is 0. The molecular weight excluding hydrogens is 358 g/mol. The van der Waals surface area contributed by atoms with Crippen LogP contribution < -0.4 is 4.74 Å². The molecule has 0 spiro atoms.